The highest BCUT2D eigenvalue weighted by molar-refractivity contribution is 7.09. The zero-order valence-electron chi connectivity index (χ0n) is 10.7. The molecule has 0 bridgehead atoms. The second-order valence-corrected chi connectivity index (χ2v) is 5.20. The molecule has 6 heteroatoms. The van der Waals surface area contributed by atoms with E-state index in [1.165, 1.54) is 17.4 Å². The summed E-state index contributed by atoms with van der Waals surface area (Å²) >= 11 is 1.36. The first kappa shape index (κ1) is 13.5. The fraction of sp³-hybridized carbons (Fsp3) is 0.231. The Morgan fingerprint density at radius 3 is 2.84 bits per heavy atom. The van der Waals surface area contributed by atoms with Gasteiger partial charge in [0.05, 0.1) is 6.04 Å². The van der Waals surface area contributed by atoms with Gasteiger partial charge in [0.2, 0.25) is 0 Å². The summed E-state index contributed by atoms with van der Waals surface area (Å²) in [7, 11) is 0. The number of nitrogens with one attached hydrogen (secondary N) is 1. The lowest BCUT2D eigenvalue weighted by molar-refractivity contribution is 0.102. The summed E-state index contributed by atoms with van der Waals surface area (Å²) in [5, 5.41) is 14.7. The van der Waals surface area contributed by atoms with Crippen molar-refractivity contribution in [2.24, 2.45) is 5.73 Å². The van der Waals surface area contributed by atoms with Gasteiger partial charge in [-0.25, -0.2) is 4.98 Å². The van der Waals surface area contributed by atoms with Crippen LogP contribution in [-0.4, -0.2) is 16.0 Å². The molecule has 100 valence electrons. The van der Waals surface area contributed by atoms with Crippen LogP contribution >= 0.6 is 11.3 Å². The summed E-state index contributed by atoms with van der Waals surface area (Å²) in [5.41, 5.74) is 7.32. The van der Waals surface area contributed by atoms with Gasteiger partial charge in [-0.3, -0.25) is 4.79 Å². The fourth-order valence-electron chi connectivity index (χ4n) is 1.48. The maximum absolute atomic E-state index is 12.0. The van der Waals surface area contributed by atoms with E-state index in [-0.39, 0.29) is 17.7 Å². The van der Waals surface area contributed by atoms with Crippen molar-refractivity contribution in [1.82, 2.24) is 4.98 Å². The predicted octanol–water partition coefficient (Wildman–Crippen LogP) is 2.43. The number of hydrogen-bond donors (Lipinski definition) is 3. The second kappa shape index (κ2) is 5.38. The number of benzene rings is 1. The Kier molecular flexibility index (Phi) is 3.82. The first-order valence-electron chi connectivity index (χ1n) is 5.79. The second-order valence-electron chi connectivity index (χ2n) is 4.32. The van der Waals surface area contributed by atoms with E-state index in [1.54, 1.807) is 24.4 Å². The lowest BCUT2D eigenvalue weighted by atomic mass is 10.2. The standard InChI is InChI=1S/C13H15N3O2S/c1-7-3-4-9(5-11(7)17)15-12(18)10-6-19-13(16-10)8(2)14/h3-6,8,17H,14H2,1-2H3,(H,15,18). The van der Waals surface area contributed by atoms with E-state index < -0.39 is 0 Å². The quantitative estimate of drug-likeness (QED) is 0.804. The minimum atomic E-state index is -0.314. The van der Waals surface area contributed by atoms with Crippen LogP contribution in [0.15, 0.2) is 23.6 Å². The van der Waals surface area contributed by atoms with Crippen molar-refractivity contribution in [1.29, 1.82) is 0 Å². The van der Waals surface area contributed by atoms with Crippen molar-refractivity contribution in [3.8, 4) is 5.75 Å². The molecule has 1 aromatic carbocycles. The number of carbonyl (C=O) groups is 1. The van der Waals surface area contributed by atoms with Crippen LogP contribution in [0.1, 0.15) is 34.0 Å². The SMILES string of the molecule is Cc1ccc(NC(=O)c2csc(C(C)N)n2)cc1O. The highest BCUT2D eigenvalue weighted by atomic mass is 32.1. The van der Waals surface area contributed by atoms with Gasteiger partial charge in [0, 0.05) is 17.1 Å². The zero-order chi connectivity index (χ0) is 14.0. The van der Waals surface area contributed by atoms with Crippen LogP contribution in [0.25, 0.3) is 0 Å². The minimum absolute atomic E-state index is 0.146. The summed E-state index contributed by atoms with van der Waals surface area (Å²) in [5.74, 6) is -0.168. The van der Waals surface area contributed by atoms with Crippen LogP contribution in [0.2, 0.25) is 0 Å². The van der Waals surface area contributed by atoms with Crippen molar-refractivity contribution in [2.75, 3.05) is 5.32 Å². The molecular formula is C13H15N3O2S. The van der Waals surface area contributed by atoms with Crippen LogP contribution in [0.5, 0.6) is 5.75 Å². The van der Waals surface area contributed by atoms with Gasteiger partial charge in [-0.05, 0) is 25.5 Å². The molecule has 2 aromatic rings. The number of phenolic OH excluding ortho intramolecular Hbond substituents is 1. The highest BCUT2D eigenvalue weighted by Gasteiger charge is 2.13. The lowest BCUT2D eigenvalue weighted by Gasteiger charge is -2.05. The highest BCUT2D eigenvalue weighted by Crippen LogP contribution is 2.22. The smallest absolute Gasteiger partial charge is 0.275 e. The van der Waals surface area contributed by atoms with Crippen LogP contribution in [0.3, 0.4) is 0 Å². The molecule has 0 aliphatic carbocycles. The van der Waals surface area contributed by atoms with E-state index in [9.17, 15) is 9.90 Å². The van der Waals surface area contributed by atoms with Gasteiger partial charge in [-0.15, -0.1) is 11.3 Å². The normalized spacial score (nSPS) is 12.2. The first-order chi connectivity index (χ1) is 8.97. The molecule has 0 radical (unpaired) electrons. The molecule has 5 nitrogen and oxygen atoms in total. The third kappa shape index (κ3) is 3.10. The Labute approximate surface area is 115 Å². The molecule has 1 unspecified atom stereocenters. The molecule has 0 saturated heterocycles. The lowest BCUT2D eigenvalue weighted by Crippen LogP contribution is -2.13. The Morgan fingerprint density at radius 1 is 1.53 bits per heavy atom. The average Bonchev–Trinajstić information content (AvgIpc) is 2.83. The number of amides is 1. The number of hydrogen-bond acceptors (Lipinski definition) is 5. The summed E-state index contributed by atoms with van der Waals surface area (Å²) in [6.07, 6.45) is 0. The Hall–Kier alpha value is -1.92. The number of anilines is 1. The number of rotatable bonds is 3. The largest absolute Gasteiger partial charge is 0.508 e. The molecule has 0 aliphatic heterocycles. The van der Waals surface area contributed by atoms with Gasteiger partial charge in [-0.2, -0.15) is 0 Å². The zero-order valence-corrected chi connectivity index (χ0v) is 11.5. The number of nitrogens with two attached hydrogens (primary N) is 1. The number of carbonyl (C=O) groups excluding carboxylic acids is 1. The molecule has 0 aliphatic rings. The van der Waals surface area contributed by atoms with Gasteiger partial charge >= 0.3 is 0 Å². The van der Waals surface area contributed by atoms with E-state index in [0.717, 1.165) is 10.6 Å². The van der Waals surface area contributed by atoms with Gasteiger partial charge in [-0.1, -0.05) is 6.07 Å². The molecule has 4 N–H and O–H groups in total. The van der Waals surface area contributed by atoms with Gasteiger partial charge in [0.25, 0.3) is 5.91 Å². The molecule has 2 rings (SSSR count). The molecule has 0 fully saturated rings. The molecular weight excluding hydrogens is 262 g/mol. The molecule has 1 atom stereocenters. The Balaban J connectivity index is 2.13. The topological polar surface area (TPSA) is 88.2 Å². The molecule has 0 saturated carbocycles. The number of nitrogens with zero attached hydrogens (tertiary/aromatic N) is 1. The number of thiazole rings is 1. The molecule has 1 aromatic heterocycles. The van der Waals surface area contributed by atoms with Crippen LogP contribution < -0.4 is 11.1 Å². The average molecular weight is 277 g/mol. The number of aromatic hydroxyl groups is 1. The van der Waals surface area contributed by atoms with Gasteiger partial charge in [0.15, 0.2) is 0 Å². The third-order valence-electron chi connectivity index (χ3n) is 2.61. The Bertz CT molecular complexity index is 608. The molecule has 0 spiro atoms. The van der Waals surface area contributed by atoms with E-state index >= 15 is 0 Å². The van der Waals surface area contributed by atoms with E-state index in [0.29, 0.717) is 11.4 Å². The van der Waals surface area contributed by atoms with Crippen LogP contribution in [0.4, 0.5) is 5.69 Å². The number of aromatic nitrogens is 1. The minimum Gasteiger partial charge on any atom is -0.508 e. The van der Waals surface area contributed by atoms with E-state index in [4.69, 9.17) is 5.73 Å². The summed E-state index contributed by atoms with van der Waals surface area (Å²) in [6, 6.07) is 4.78. The first-order valence-corrected chi connectivity index (χ1v) is 6.67. The van der Waals surface area contributed by atoms with Gasteiger partial charge in [0.1, 0.15) is 16.5 Å². The number of phenols is 1. The Morgan fingerprint density at radius 2 is 2.26 bits per heavy atom. The molecule has 1 heterocycles. The van der Waals surface area contributed by atoms with Crippen molar-refractivity contribution < 1.29 is 9.90 Å². The third-order valence-corrected chi connectivity index (χ3v) is 3.66. The molecule has 19 heavy (non-hydrogen) atoms. The predicted molar refractivity (Wildman–Crippen MR) is 75.5 cm³/mol. The van der Waals surface area contributed by atoms with Crippen molar-refractivity contribution in [2.45, 2.75) is 19.9 Å². The maximum atomic E-state index is 12.0. The molecule has 1 amide bonds. The fourth-order valence-corrected chi connectivity index (χ4v) is 2.24. The summed E-state index contributed by atoms with van der Waals surface area (Å²) in [6.45, 7) is 3.61. The van der Waals surface area contributed by atoms with E-state index in [2.05, 4.69) is 10.3 Å². The van der Waals surface area contributed by atoms with E-state index in [1.807, 2.05) is 6.92 Å². The van der Waals surface area contributed by atoms with Crippen molar-refractivity contribution in [3.63, 3.8) is 0 Å². The number of aryl methyl sites for hydroxylation is 1. The van der Waals surface area contributed by atoms with Crippen molar-refractivity contribution in [3.05, 3.63) is 39.8 Å². The van der Waals surface area contributed by atoms with Gasteiger partial charge < -0.3 is 16.2 Å². The van der Waals surface area contributed by atoms with Crippen LogP contribution in [0, 0.1) is 6.92 Å². The van der Waals surface area contributed by atoms with Crippen LogP contribution in [-0.2, 0) is 0 Å². The summed E-state index contributed by atoms with van der Waals surface area (Å²) in [4.78, 5) is 16.1. The van der Waals surface area contributed by atoms with Crippen molar-refractivity contribution >= 4 is 22.9 Å². The monoisotopic (exact) mass is 277 g/mol. The maximum Gasteiger partial charge on any atom is 0.275 e. The summed E-state index contributed by atoms with van der Waals surface area (Å²) < 4.78 is 0.